The molecule has 24 heavy (non-hydrogen) atoms. The standard InChI is InChI=1S/C18H19N5O/c1-2-14-10-6-7-11-15(14)16-20-17(22-18(24)21-16)23(19)12-13-8-4-3-5-9-13/h3-11H,2,12,19H2,1H3,(H,20,21,22,24). The number of anilines is 1. The topological polar surface area (TPSA) is 88.2 Å². The Hall–Kier alpha value is -2.99. The van der Waals surface area contributed by atoms with Gasteiger partial charge in [-0.3, -0.25) is 5.01 Å². The third-order valence-electron chi connectivity index (χ3n) is 3.70. The van der Waals surface area contributed by atoms with Crippen molar-refractivity contribution in [3.05, 3.63) is 65.7 Å². The summed E-state index contributed by atoms with van der Waals surface area (Å²) < 4.78 is 0. The van der Waals surface area contributed by atoms with Crippen LogP contribution in [0.4, 0.5) is 5.95 Å². The molecule has 0 saturated heterocycles. The minimum absolute atomic E-state index is 0.229. The van der Waals surface area contributed by atoms with E-state index in [0.717, 1.165) is 23.1 Å². The Morgan fingerprint density at radius 2 is 1.67 bits per heavy atom. The van der Waals surface area contributed by atoms with Crippen molar-refractivity contribution in [1.82, 2.24) is 15.0 Å². The van der Waals surface area contributed by atoms with Crippen molar-refractivity contribution in [2.75, 3.05) is 5.01 Å². The highest BCUT2D eigenvalue weighted by Crippen LogP contribution is 2.23. The molecule has 0 unspecified atom stereocenters. The molecule has 0 fully saturated rings. The number of benzene rings is 2. The molecule has 0 aliphatic rings. The minimum Gasteiger partial charge on any atom is -0.479 e. The normalized spacial score (nSPS) is 10.6. The Morgan fingerprint density at radius 1 is 0.958 bits per heavy atom. The summed E-state index contributed by atoms with van der Waals surface area (Å²) in [7, 11) is 0. The van der Waals surface area contributed by atoms with Gasteiger partial charge in [0.15, 0.2) is 5.82 Å². The highest BCUT2D eigenvalue weighted by atomic mass is 16.3. The van der Waals surface area contributed by atoms with Crippen molar-refractivity contribution in [2.24, 2.45) is 5.84 Å². The smallest absolute Gasteiger partial charge is 0.319 e. The van der Waals surface area contributed by atoms with Crippen LogP contribution in [0.2, 0.25) is 0 Å². The summed E-state index contributed by atoms with van der Waals surface area (Å²) >= 11 is 0. The van der Waals surface area contributed by atoms with Crippen molar-refractivity contribution < 1.29 is 5.11 Å². The van der Waals surface area contributed by atoms with E-state index in [2.05, 4.69) is 21.9 Å². The Kier molecular flexibility index (Phi) is 4.67. The molecule has 0 saturated carbocycles. The second-order valence-electron chi connectivity index (χ2n) is 5.38. The number of hydrogen-bond acceptors (Lipinski definition) is 6. The highest BCUT2D eigenvalue weighted by Gasteiger charge is 2.14. The summed E-state index contributed by atoms with van der Waals surface area (Å²) in [5.74, 6) is 6.73. The van der Waals surface area contributed by atoms with Crippen LogP contribution >= 0.6 is 0 Å². The first kappa shape index (κ1) is 15.9. The number of rotatable bonds is 5. The highest BCUT2D eigenvalue weighted by molar-refractivity contribution is 5.61. The third kappa shape index (κ3) is 3.49. The van der Waals surface area contributed by atoms with Crippen LogP contribution in [-0.4, -0.2) is 20.1 Å². The first-order chi connectivity index (χ1) is 11.7. The summed E-state index contributed by atoms with van der Waals surface area (Å²) in [6.45, 7) is 2.49. The number of aromatic hydroxyl groups is 1. The van der Waals surface area contributed by atoms with Crippen LogP contribution in [0.5, 0.6) is 6.01 Å². The Morgan fingerprint density at radius 3 is 2.42 bits per heavy atom. The predicted molar refractivity (Wildman–Crippen MR) is 93.1 cm³/mol. The molecule has 0 aliphatic heterocycles. The van der Waals surface area contributed by atoms with Crippen LogP contribution in [0, 0.1) is 0 Å². The van der Waals surface area contributed by atoms with Gasteiger partial charge >= 0.3 is 6.01 Å². The number of nitrogens with two attached hydrogens (primary N) is 1. The van der Waals surface area contributed by atoms with Gasteiger partial charge in [0.2, 0.25) is 5.95 Å². The van der Waals surface area contributed by atoms with Crippen molar-refractivity contribution in [3.63, 3.8) is 0 Å². The monoisotopic (exact) mass is 321 g/mol. The zero-order valence-electron chi connectivity index (χ0n) is 13.4. The van der Waals surface area contributed by atoms with Gasteiger partial charge in [-0.15, -0.1) is 0 Å². The minimum atomic E-state index is -0.343. The molecular weight excluding hydrogens is 302 g/mol. The zero-order valence-corrected chi connectivity index (χ0v) is 13.4. The van der Waals surface area contributed by atoms with E-state index in [1.54, 1.807) is 0 Å². The quantitative estimate of drug-likeness (QED) is 0.555. The summed E-state index contributed by atoms with van der Waals surface area (Å²) in [6.07, 6.45) is 0.842. The number of nitrogens with zero attached hydrogens (tertiary/aromatic N) is 4. The van der Waals surface area contributed by atoms with Crippen LogP contribution in [-0.2, 0) is 13.0 Å². The van der Waals surface area contributed by atoms with Gasteiger partial charge in [0, 0.05) is 5.56 Å². The van der Waals surface area contributed by atoms with Gasteiger partial charge in [0.1, 0.15) is 0 Å². The fourth-order valence-corrected chi connectivity index (χ4v) is 2.50. The molecule has 0 bridgehead atoms. The van der Waals surface area contributed by atoms with E-state index in [0.29, 0.717) is 12.4 Å². The molecule has 0 atom stereocenters. The number of aromatic nitrogens is 3. The van der Waals surface area contributed by atoms with Crippen molar-refractivity contribution in [1.29, 1.82) is 0 Å². The molecule has 3 rings (SSSR count). The van der Waals surface area contributed by atoms with Crippen molar-refractivity contribution >= 4 is 5.95 Å². The lowest BCUT2D eigenvalue weighted by Crippen LogP contribution is -2.32. The van der Waals surface area contributed by atoms with Crippen molar-refractivity contribution in [2.45, 2.75) is 19.9 Å². The van der Waals surface area contributed by atoms with E-state index in [1.165, 1.54) is 5.01 Å². The molecule has 1 heterocycles. The van der Waals surface area contributed by atoms with Crippen LogP contribution in [0.15, 0.2) is 54.6 Å². The van der Waals surface area contributed by atoms with Gasteiger partial charge in [-0.05, 0) is 17.5 Å². The Balaban J connectivity index is 1.94. The van der Waals surface area contributed by atoms with E-state index in [-0.39, 0.29) is 12.0 Å². The molecular formula is C18H19N5O. The van der Waals surface area contributed by atoms with E-state index >= 15 is 0 Å². The second kappa shape index (κ2) is 7.06. The maximum absolute atomic E-state index is 9.89. The maximum Gasteiger partial charge on any atom is 0.319 e. The fraction of sp³-hybridized carbons (Fsp3) is 0.167. The summed E-state index contributed by atoms with van der Waals surface area (Å²) in [6, 6.07) is 17.2. The van der Waals surface area contributed by atoms with Gasteiger partial charge in [-0.1, -0.05) is 61.5 Å². The predicted octanol–water partition coefficient (Wildman–Crippen LogP) is 2.69. The summed E-state index contributed by atoms with van der Waals surface area (Å²) in [5, 5.41) is 11.3. The van der Waals surface area contributed by atoms with E-state index in [9.17, 15) is 5.11 Å². The molecule has 1 aromatic heterocycles. The average Bonchev–Trinajstić information content (AvgIpc) is 2.62. The molecule has 6 nitrogen and oxygen atoms in total. The van der Waals surface area contributed by atoms with Gasteiger partial charge < -0.3 is 5.11 Å². The zero-order chi connectivity index (χ0) is 16.9. The Bertz CT molecular complexity index is 823. The third-order valence-corrected chi connectivity index (χ3v) is 3.70. The first-order valence-electron chi connectivity index (χ1n) is 7.77. The van der Waals surface area contributed by atoms with E-state index in [1.807, 2.05) is 54.6 Å². The number of hydrazine groups is 1. The number of hydrogen-bond donors (Lipinski definition) is 2. The second-order valence-corrected chi connectivity index (χ2v) is 5.38. The van der Waals surface area contributed by atoms with Crippen LogP contribution < -0.4 is 10.9 Å². The molecule has 6 heteroatoms. The van der Waals surface area contributed by atoms with Gasteiger partial charge in [0.05, 0.1) is 6.54 Å². The molecule has 0 aliphatic carbocycles. The summed E-state index contributed by atoms with van der Waals surface area (Å²) in [5.41, 5.74) is 2.99. The number of aryl methyl sites for hydroxylation is 1. The first-order valence-corrected chi connectivity index (χ1v) is 7.77. The largest absolute Gasteiger partial charge is 0.479 e. The molecule has 2 aromatic carbocycles. The summed E-state index contributed by atoms with van der Waals surface area (Å²) in [4.78, 5) is 12.4. The van der Waals surface area contributed by atoms with Gasteiger partial charge in [0.25, 0.3) is 0 Å². The molecule has 3 N–H and O–H groups in total. The lowest BCUT2D eigenvalue weighted by molar-refractivity contribution is 0.428. The molecule has 0 spiro atoms. The molecule has 0 radical (unpaired) electrons. The Labute approximate surface area is 140 Å². The van der Waals surface area contributed by atoms with Crippen LogP contribution in [0.3, 0.4) is 0 Å². The van der Waals surface area contributed by atoms with Crippen LogP contribution in [0.1, 0.15) is 18.1 Å². The maximum atomic E-state index is 9.89. The average molecular weight is 321 g/mol. The molecule has 122 valence electrons. The molecule has 0 amide bonds. The van der Waals surface area contributed by atoms with E-state index in [4.69, 9.17) is 5.84 Å². The van der Waals surface area contributed by atoms with Gasteiger partial charge in [-0.25, -0.2) is 5.84 Å². The van der Waals surface area contributed by atoms with Crippen LogP contribution in [0.25, 0.3) is 11.4 Å². The van der Waals surface area contributed by atoms with Gasteiger partial charge in [-0.2, -0.15) is 15.0 Å². The SMILES string of the molecule is CCc1ccccc1-c1nc(O)nc(N(N)Cc2ccccc2)n1. The lowest BCUT2D eigenvalue weighted by Gasteiger charge is -2.17. The fourth-order valence-electron chi connectivity index (χ4n) is 2.50. The molecule has 3 aromatic rings. The van der Waals surface area contributed by atoms with E-state index < -0.39 is 0 Å². The lowest BCUT2D eigenvalue weighted by atomic mass is 10.1. The van der Waals surface area contributed by atoms with Crippen molar-refractivity contribution in [3.8, 4) is 17.4 Å².